The molecule has 0 bridgehead atoms. The van der Waals surface area contributed by atoms with Crippen LogP contribution in [0.4, 0.5) is 0 Å². The van der Waals surface area contributed by atoms with Gasteiger partial charge in [0.15, 0.2) is 15.5 Å². The van der Waals surface area contributed by atoms with Crippen LogP contribution in [0.5, 0.6) is 0 Å². The summed E-state index contributed by atoms with van der Waals surface area (Å²) in [5.74, 6) is 1.45. The average molecular weight is 286 g/mol. The Morgan fingerprint density at radius 1 is 1.44 bits per heavy atom. The van der Waals surface area contributed by atoms with Gasteiger partial charge in [-0.1, -0.05) is 11.6 Å². The number of fused-ring (bicyclic) bond motifs is 1. The molecule has 7 heteroatoms. The van der Waals surface area contributed by atoms with Gasteiger partial charge in [-0.05, 0) is 24.5 Å². The van der Waals surface area contributed by atoms with Crippen molar-refractivity contribution in [1.82, 2.24) is 14.6 Å². The lowest BCUT2D eigenvalue weighted by Gasteiger charge is -2.05. The first kappa shape index (κ1) is 11.9. The van der Waals surface area contributed by atoms with Crippen molar-refractivity contribution in [3.05, 3.63) is 29.2 Å². The Labute approximate surface area is 110 Å². The number of hydrogen-bond donors (Lipinski definition) is 0. The van der Waals surface area contributed by atoms with Gasteiger partial charge < -0.3 is 0 Å². The van der Waals surface area contributed by atoms with E-state index in [9.17, 15) is 8.42 Å². The Kier molecular flexibility index (Phi) is 2.79. The second kappa shape index (κ2) is 4.20. The van der Waals surface area contributed by atoms with Crippen molar-refractivity contribution in [3.63, 3.8) is 0 Å². The Morgan fingerprint density at radius 2 is 2.28 bits per heavy atom. The maximum absolute atomic E-state index is 11.4. The van der Waals surface area contributed by atoms with Crippen molar-refractivity contribution in [2.75, 3.05) is 11.5 Å². The van der Waals surface area contributed by atoms with Crippen LogP contribution in [-0.4, -0.2) is 34.5 Å². The highest BCUT2D eigenvalue weighted by Gasteiger charge is 2.29. The maximum Gasteiger partial charge on any atom is 0.179 e. The third-order valence-electron chi connectivity index (χ3n) is 3.26. The van der Waals surface area contributed by atoms with Crippen LogP contribution >= 0.6 is 11.6 Å². The molecule has 0 N–H and O–H groups in total. The fourth-order valence-corrected chi connectivity index (χ4v) is 4.43. The van der Waals surface area contributed by atoms with Crippen molar-refractivity contribution in [3.8, 4) is 0 Å². The van der Waals surface area contributed by atoms with E-state index in [1.54, 1.807) is 6.07 Å². The number of sulfone groups is 1. The molecule has 0 radical (unpaired) electrons. The molecule has 1 saturated heterocycles. The van der Waals surface area contributed by atoms with Crippen LogP contribution in [0, 0.1) is 5.92 Å². The minimum absolute atomic E-state index is 0.140. The van der Waals surface area contributed by atoms with E-state index in [1.807, 2.05) is 16.7 Å². The summed E-state index contributed by atoms with van der Waals surface area (Å²) in [4.78, 5) is 0. The number of pyridine rings is 1. The zero-order chi connectivity index (χ0) is 12.8. The molecule has 5 nitrogen and oxygen atoms in total. The largest absolute Gasteiger partial charge is 0.285 e. The van der Waals surface area contributed by atoms with Crippen molar-refractivity contribution in [2.45, 2.75) is 12.8 Å². The molecule has 1 aliphatic rings. The van der Waals surface area contributed by atoms with Crippen LogP contribution in [-0.2, 0) is 16.3 Å². The molecule has 0 saturated carbocycles. The Bertz CT molecular complexity index is 695. The minimum Gasteiger partial charge on any atom is -0.285 e. The molecule has 3 rings (SSSR count). The highest BCUT2D eigenvalue weighted by molar-refractivity contribution is 7.91. The van der Waals surface area contributed by atoms with Gasteiger partial charge in [0.1, 0.15) is 5.82 Å². The third-order valence-corrected chi connectivity index (χ3v) is 5.39. The van der Waals surface area contributed by atoms with E-state index in [-0.39, 0.29) is 17.4 Å². The van der Waals surface area contributed by atoms with Gasteiger partial charge in [-0.2, -0.15) is 0 Å². The van der Waals surface area contributed by atoms with E-state index in [4.69, 9.17) is 11.6 Å². The summed E-state index contributed by atoms with van der Waals surface area (Å²) in [5, 5.41) is 8.68. The smallest absolute Gasteiger partial charge is 0.179 e. The Balaban J connectivity index is 1.90. The van der Waals surface area contributed by atoms with Crippen molar-refractivity contribution in [2.24, 2.45) is 5.92 Å². The first-order chi connectivity index (χ1) is 8.55. The second-order valence-corrected chi connectivity index (χ2v) is 7.28. The van der Waals surface area contributed by atoms with Crippen molar-refractivity contribution >= 4 is 27.1 Å². The SMILES string of the molecule is O=S1(=O)CCC(Cc2nnc3c(Cl)cccn23)C1. The topological polar surface area (TPSA) is 64.3 Å². The number of aromatic nitrogens is 3. The van der Waals surface area contributed by atoms with Crippen LogP contribution in [0.1, 0.15) is 12.2 Å². The van der Waals surface area contributed by atoms with Crippen LogP contribution in [0.2, 0.25) is 5.02 Å². The normalized spacial score (nSPS) is 22.6. The van der Waals surface area contributed by atoms with E-state index in [0.29, 0.717) is 23.5 Å². The zero-order valence-corrected chi connectivity index (χ0v) is 11.2. The number of rotatable bonds is 2. The fraction of sp³-hybridized carbons (Fsp3) is 0.455. The van der Waals surface area contributed by atoms with Crippen LogP contribution in [0.3, 0.4) is 0 Å². The highest BCUT2D eigenvalue weighted by atomic mass is 35.5. The Morgan fingerprint density at radius 3 is 3.00 bits per heavy atom. The van der Waals surface area contributed by atoms with Crippen LogP contribution in [0.15, 0.2) is 18.3 Å². The molecule has 3 heterocycles. The molecule has 0 aromatic carbocycles. The predicted octanol–water partition coefficient (Wildman–Crippen LogP) is 1.36. The molecule has 0 amide bonds. The minimum atomic E-state index is -2.84. The van der Waals surface area contributed by atoms with Gasteiger partial charge in [-0.15, -0.1) is 10.2 Å². The highest BCUT2D eigenvalue weighted by Crippen LogP contribution is 2.23. The molecule has 0 spiro atoms. The lowest BCUT2D eigenvalue weighted by atomic mass is 10.1. The lowest BCUT2D eigenvalue weighted by Crippen LogP contribution is -2.09. The van der Waals surface area contributed by atoms with Crippen molar-refractivity contribution in [1.29, 1.82) is 0 Å². The summed E-state index contributed by atoms with van der Waals surface area (Å²) < 4.78 is 24.7. The first-order valence-electron chi connectivity index (χ1n) is 5.74. The summed E-state index contributed by atoms with van der Waals surface area (Å²) in [6, 6.07) is 3.59. The summed E-state index contributed by atoms with van der Waals surface area (Å²) in [6.07, 6.45) is 3.18. The molecule has 1 aliphatic heterocycles. The van der Waals surface area contributed by atoms with E-state index >= 15 is 0 Å². The second-order valence-electron chi connectivity index (χ2n) is 4.64. The molecular formula is C11H12ClN3O2S. The van der Waals surface area contributed by atoms with Gasteiger partial charge in [0.2, 0.25) is 0 Å². The molecule has 1 fully saturated rings. The monoisotopic (exact) mass is 285 g/mol. The maximum atomic E-state index is 11.4. The van der Waals surface area contributed by atoms with Crippen LogP contribution < -0.4 is 0 Å². The zero-order valence-electron chi connectivity index (χ0n) is 9.58. The van der Waals surface area contributed by atoms with Crippen molar-refractivity contribution < 1.29 is 8.42 Å². The van der Waals surface area contributed by atoms with E-state index in [1.165, 1.54) is 0 Å². The van der Waals surface area contributed by atoms with E-state index in [2.05, 4.69) is 10.2 Å². The lowest BCUT2D eigenvalue weighted by molar-refractivity contribution is 0.566. The van der Waals surface area contributed by atoms with Gasteiger partial charge in [0.25, 0.3) is 0 Å². The number of hydrogen-bond acceptors (Lipinski definition) is 4. The van der Waals surface area contributed by atoms with Gasteiger partial charge in [-0.3, -0.25) is 4.40 Å². The van der Waals surface area contributed by atoms with Gasteiger partial charge in [-0.25, -0.2) is 8.42 Å². The molecule has 18 heavy (non-hydrogen) atoms. The summed E-state index contributed by atoms with van der Waals surface area (Å²) in [6.45, 7) is 0. The molecule has 0 aliphatic carbocycles. The van der Waals surface area contributed by atoms with Crippen LogP contribution in [0.25, 0.3) is 5.65 Å². The van der Waals surface area contributed by atoms with E-state index < -0.39 is 9.84 Å². The number of nitrogens with zero attached hydrogens (tertiary/aromatic N) is 3. The fourth-order valence-electron chi connectivity index (χ4n) is 2.36. The molecule has 1 unspecified atom stereocenters. The van der Waals surface area contributed by atoms with Gasteiger partial charge in [0.05, 0.1) is 16.5 Å². The summed E-state index contributed by atoms with van der Waals surface area (Å²) in [5.41, 5.74) is 0.620. The Hall–Kier alpha value is -1.14. The molecule has 2 aromatic heterocycles. The number of halogens is 1. The predicted molar refractivity (Wildman–Crippen MR) is 68.5 cm³/mol. The molecular weight excluding hydrogens is 274 g/mol. The quantitative estimate of drug-likeness (QED) is 0.836. The summed E-state index contributed by atoms with van der Waals surface area (Å²) in [7, 11) is -2.84. The van der Waals surface area contributed by atoms with Gasteiger partial charge >= 0.3 is 0 Å². The standard InChI is InChI=1S/C11H12ClN3O2S/c12-9-2-1-4-15-10(13-14-11(9)15)6-8-3-5-18(16,17)7-8/h1-2,4,8H,3,5-7H2. The van der Waals surface area contributed by atoms with E-state index in [0.717, 1.165) is 5.82 Å². The summed E-state index contributed by atoms with van der Waals surface area (Å²) >= 11 is 6.01. The molecule has 1 atom stereocenters. The molecule has 2 aromatic rings. The first-order valence-corrected chi connectivity index (χ1v) is 7.94. The third kappa shape index (κ3) is 2.10. The van der Waals surface area contributed by atoms with Gasteiger partial charge in [0, 0.05) is 12.6 Å². The average Bonchev–Trinajstić information content (AvgIpc) is 2.85. The molecule has 96 valence electrons.